The predicted octanol–water partition coefficient (Wildman–Crippen LogP) is 1.07. The van der Waals surface area contributed by atoms with Crippen molar-refractivity contribution >= 4 is 18.7 Å². The zero-order valence-electron chi connectivity index (χ0n) is 3.63. The van der Waals surface area contributed by atoms with Crippen LogP contribution in [0.25, 0.3) is 0 Å². The quantitative estimate of drug-likeness (QED) is 0.488. The summed E-state index contributed by atoms with van der Waals surface area (Å²) in [6.07, 6.45) is 0. The topological polar surface area (TPSA) is 12.9 Å². The number of hydrogen-bond acceptors (Lipinski definition) is 1. The van der Waals surface area contributed by atoms with Gasteiger partial charge in [0.15, 0.2) is 0 Å². The molecule has 0 aromatic carbocycles. The molecule has 1 aromatic rings. The van der Waals surface area contributed by atoms with Crippen molar-refractivity contribution < 1.29 is 0 Å². The molecule has 0 unspecified atom stereocenters. The molecule has 0 aliphatic rings. The second-order valence-electron chi connectivity index (χ2n) is 1.15. The zero-order chi connectivity index (χ0) is 5.11. The van der Waals surface area contributed by atoms with Crippen molar-refractivity contribution in [3.05, 3.63) is 23.2 Å². The summed E-state index contributed by atoms with van der Waals surface area (Å²) < 4.78 is 0. The van der Waals surface area contributed by atoms with Gasteiger partial charge < -0.3 is 0 Å². The Balaban J connectivity index is 3.02. The summed E-state index contributed by atoms with van der Waals surface area (Å²) in [5.41, 5.74) is 0. The molecule has 34 valence electrons. The molecule has 0 aliphatic heterocycles. The fourth-order valence-electron chi connectivity index (χ4n) is 0.342. The van der Waals surface area contributed by atoms with Crippen LogP contribution in [0.2, 0.25) is 5.15 Å². The van der Waals surface area contributed by atoms with Gasteiger partial charge in [-0.2, -0.15) is 0 Å². The van der Waals surface area contributed by atoms with Crippen LogP contribution in [0.1, 0.15) is 0 Å². The van der Waals surface area contributed by atoms with E-state index >= 15 is 0 Å². The molecule has 0 saturated heterocycles. The van der Waals surface area contributed by atoms with Crippen molar-refractivity contribution in [1.29, 1.82) is 0 Å². The van der Waals surface area contributed by atoms with E-state index < -0.39 is 0 Å². The Morgan fingerprint density at radius 3 is 2.86 bits per heavy atom. The van der Waals surface area contributed by atoms with Crippen molar-refractivity contribution in [3.8, 4) is 0 Å². The molecule has 0 N–H and O–H groups in total. The van der Waals surface area contributed by atoms with Crippen LogP contribution >= 0.6 is 11.6 Å². The van der Waals surface area contributed by atoms with Crippen LogP contribution in [0.15, 0.2) is 18.1 Å². The Labute approximate surface area is 47.6 Å². The van der Waals surface area contributed by atoms with Gasteiger partial charge in [0.1, 0.15) is 0 Å². The molecule has 0 spiro atoms. The summed E-state index contributed by atoms with van der Waals surface area (Å²) in [6.45, 7) is 0. The molecular formula is C4H3BClN. The minimum atomic E-state index is 0.544. The molecule has 0 saturated carbocycles. The second kappa shape index (κ2) is 2.08. The van der Waals surface area contributed by atoms with Crippen molar-refractivity contribution in [3.63, 3.8) is 0 Å². The number of halogens is 1. The molecular weight excluding hydrogens is 108 g/mol. The van der Waals surface area contributed by atoms with E-state index in [9.17, 15) is 0 Å². The van der Waals surface area contributed by atoms with E-state index in [2.05, 4.69) is 4.89 Å². The average Bonchev–Trinajstić information content (AvgIpc) is 1.69. The van der Waals surface area contributed by atoms with Crippen LogP contribution in [0.3, 0.4) is 0 Å². The summed E-state index contributed by atoms with van der Waals surface area (Å²) in [4.78, 5) is 3.74. The summed E-state index contributed by atoms with van der Waals surface area (Å²) >= 11 is 5.43. The monoisotopic (exact) mass is 111 g/mol. The molecule has 0 bridgehead atoms. The standard InChI is InChI=1S/C4H3BClN/c6-4-2-1-3-5-7-4/h1-3H. The molecule has 1 rings (SSSR count). The summed E-state index contributed by atoms with van der Waals surface area (Å²) in [7, 11) is 1.66. The molecule has 7 heavy (non-hydrogen) atoms. The van der Waals surface area contributed by atoms with E-state index in [1.54, 1.807) is 13.1 Å². The third-order valence-electron chi connectivity index (χ3n) is 0.629. The van der Waals surface area contributed by atoms with Gasteiger partial charge in [-0.05, 0) is 0 Å². The van der Waals surface area contributed by atoms with Gasteiger partial charge in [-0.15, -0.1) is 0 Å². The van der Waals surface area contributed by atoms with Crippen molar-refractivity contribution in [1.82, 2.24) is 4.89 Å². The van der Waals surface area contributed by atoms with Crippen LogP contribution in [-0.2, 0) is 0 Å². The van der Waals surface area contributed by atoms with E-state index in [4.69, 9.17) is 11.6 Å². The fourth-order valence-corrected chi connectivity index (χ4v) is 0.471. The number of aromatic nitrogens is 1. The minimum absolute atomic E-state index is 0.544. The molecule has 0 radical (unpaired) electrons. The number of nitrogens with zero attached hydrogens (tertiary/aromatic N) is 1. The third-order valence-corrected chi connectivity index (χ3v) is 0.852. The Morgan fingerprint density at radius 2 is 2.57 bits per heavy atom. The molecule has 1 heterocycles. The Kier molecular flexibility index (Phi) is 1.42. The van der Waals surface area contributed by atoms with Crippen molar-refractivity contribution in [2.75, 3.05) is 0 Å². The van der Waals surface area contributed by atoms with E-state index in [0.717, 1.165) is 0 Å². The van der Waals surface area contributed by atoms with Crippen LogP contribution < -0.4 is 0 Å². The Hall–Kier alpha value is -0.365. The van der Waals surface area contributed by atoms with Gasteiger partial charge in [0.05, 0.1) is 0 Å². The first-order valence-electron chi connectivity index (χ1n) is 1.96. The fraction of sp³-hybridized carbons (Fsp3) is 0. The Morgan fingerprint density at radius 1 is 1.71 bits per heavy atom. The summed E-state index contributed by atoms with van der Waals surface area (Å²) in [5, 5.41) is 0.544. The van der Waals surface area contributed by atoms with Crippen LogP contribution in [0, 0.1) is 0 Å². The van der Waals surface area contributed by atoms with Gasteiger partial charge in [0, 0.05) is 0 Å². The molecule has 0 atom stereocenters. The molecule has 0 amide bonds. The predicted molar refractivity (Wildman–Crippen MR) is 30.6 cm³/mol. The Bertz CT molecular complexity index is 142. The van der Waals surface area contributed by atoms with E-state index in [-0.39, 0.29) is 0 Å². The van der Waals surface area contributed by atoms with Gasteiger partial charge in [-0.3, -0.25) is 0 Å². The maximum atomic E-state index is 5.43. The first kappa shape index (κ1) is 4.79. The van der Waals surface area contributed by atoms with E-state index in [0.29, 0.717) is 5.15 Å². The number of hydrogen-bond donors (Lipinski definition) is 0. The van der Waals surface area contributed by atoms with Crippen LogP contribution in [0.4, 0.5) is 0 Å². The van der Waals surface area contributed by atoms with Crippen LogP contribution in [0.5, 0.6) is 0 Å². The van der Waals surface area contributed by atoms with Crippen molar-refractivity contribution in [2.45, 2.75) is 0 Å². The van der Waals surface area contributed by atoms with Gasteiger partial charge in [0.2, 0.25) is 0 Å². The normalized spacial score (nSPS) is 8.14. The molecule has 0 aliphatic carbocycles. The maximum absolute atomic E-state index is 5.43. The zero-order valence-corrected chi connectivity index (χ0v) is 4.39. The SMILES string of the molecule is Clc1cccbn1. The van der Waals surface area contributed by atoms with Gasteiger partial charge >= 0.3 is 46.8 Å². The average molecular weight is 111 g/mol. The van der Waals surface area contributed by atoms with Crippen molar-refractivity contribution in [2.24, 2.45) is 0 Å². The molecule has 0 fully saturated rings. The van der Waals surface area contributed by atoms with Gasteiger partial charge in [-0.25, -0.2) is 0 Å². The second-order valence-corrected chi connectivity index (χ2v) is 1.54. The van der Waals surface area contributed by atoms with E-state index in [1.165, 1.54) is 0 Å². The number of rotatable bonds is 0. The van der Waals surface area contributed by atoms with E-state index in [1.807, 2.05) is 12.0 Å². The first-order chi connectivity index (χ1) is 3.39. The molecule has 1 nitrogen and oxygen atoms in total. The first-order valence-corrected chi connectivity index (χ1v) is 2.34. The summed E-state index contributed by atoms with van der Waals surface area (Å²) in [5.74, 6) is 1.83. The molecule has 3 heteroatoms. The van der Waals surface area contributed by atoms with Gasteiger partial charge in [-0.1, -0.05) is 0 Å². The summed E-state index contributed by atoms with van der Waals surface area (Å²) in [6, 6.07) is 3.58. The third kappa shape index (κ3) is 1.28. The molecule has 1 aromatic heterocycles. The van der Waals surface area contributed by atoms with Crippen LogP contribution in [-0.4, -0.2) is 11.9 Å². The van der Waals surface area contributed by atoms with Gasteiger partial charge in [0.25, 0.3) is 0 Å².